The molecule has 0 radical (unpaired) electrons. The summed E-state index contributed by atoms with van der Waals surface area (Å²) in [5.41, 5.74) is 3.84. The minimum absolute atomic E-state index is 0. The number of aryl methyl sites for hydroxylation is 2. The molecule has 0 fully saturated rings. The molecule has 2 nitrogen and oxygen atoms in total. The summed E-state index contributed by atoms with van der Waals surface area (Å²) in [5, 5.41) is 3.51. The Hall–Kier alpha value is -0.830. The summed E-state index contributed by atoms with van der Waals surface area (Å²) in [5.74, 6) is 1.16. The topological polar surface area (TPSA) is 24.4 Å². The molecule has 0 aliphatic carbocycles. The van der Waals surface area contributed by atoms with Crippen LogP contribution < -0.4 is 5.32 Å². The van der Waals surface area contributed by atoms with E-state index in [0.29, 0.717) is 0 Å². The van der Waals surface area contributed by atoms with Crippen molar-refractivity contribution in [3.63, 3.8) is 0 Å². The van der Waals surface area contributed by atoms with Gasteiger partial charge in [-0.1, -0.05) is 24.6 Å². The van der Waals surface area contributed by atoms with Crippen molar-refractivity contribution in [2.24, 2.45) is 4.99 Å². The molecule has 1 heterocycles. The molecular formula is C14H21BrN2. The van der Waals surface area contributed by atoms with E-state index in [4.69, 9.17) is 0 Å². The number of hydrogen-bond acceptors (Lipinski definition) is 2. The van der Waals surface area contributed by atoms with Crippen LogP contribution in [0.3, 0.4) is 0 Å². The molecular weight excluding hydrogens is 276 g/mol. The van der Waals surface area contributed by atoms with Crippen molar-refractivity contribution in [3.8, 4) is 0 Å². The molecule has 17 heavy (non-hydrogen) atoms. The Kier molecular flexibility index (Phi) is 5.69. The van der Waals surface area contributed by atoms with E-state index in [-0.39, 0.29) is 17.0 Å². The number of amidine groups is 1. The highest BCUT2D eigenvalue weighted by Gasteiger charge is 2.07. The third-order valence-corrected chi connectivity index (χ3v) is 3.12. The third-order valence-electron chi connectivity index (χ3n) is 3.12. The zero-order valence-corrected chi connectivity index (χ0v) is 12.3. The van der Waals surface area contributed by atoms with Gasteiger partial charge >= 0.3 is 0 Å². The zero-order valence-electron chi connectivity index (χ0n) is 10.6. The van der Waals surface area contributed by atoms with E-state index >= 15 is 0 Å². The lowest BCUT2D eigenvalue weighted by molar-refractivity contribution is 0.731. The molecule has 1 N–H and O–H groups in total. The van der Waals surface area contributed by atoms with Gasteiger partial charge in [0.1, 0.15) is 5.84 Å². The van der Waals surface area contributed by atoms with Crippen LogP contribution in [0.1, 0.15) is 36.8 Å². The maximum Gasteiger partial charge on any atom is 0.101 e. The average Bonchev–Trinajstić information content (AvgIpc) is 2.52. The van der Waals surface area contributed by atoms with Crippen LogP contribution in [-0.2, 0) is 0 Å². The Morgan fingerprint density at radius 2 is 1.76 bits per heavy atom. The second-order valence-electron chi connectivity index (χ2n) is 4.53. The third kappa shape index (κ3) is 3.84. The van der Waals surface area contributed by atoms with Crippen molar-refractivity contribution in [1.82, 2.24) is 0 Å². The smallest absolute Gasteiger partial charge is 0.101 e. The number of hydrogen-bond donors (Lipinski definition) is 1. The van der Waals surface area contributed by atoms with Gasteiger partial charge in [-0.15, -0.1) is 17.0 Å². The number of para-hydroxylation sites is 1. The Morgan fingerprint density at radius 1 is 1.06 bits per heavy atom. The standard InChI is InChI=1S/C14H20N2.BrH/c1-11-7-6-8-12(2)14(11)16-13-9-4-3-5-10-15-13;/h6-8H,3-5,9-10H2,1-2H3,(H,15,16);1H. The first-order valence-electron chi connectivity index (χ1n) is 6.14. The summed E-state index contributed by atoms with van der Waals surface area (Å²) >= 11 is 0. The molecule has 0 saturated carbocycles. The summed E-state index contributed by atoms with van der Waals surface area (Å²) in [6, 6.07) is 6.39. The van der Waals surface area contributed by atoms with Gasteiger partial charge in [0.2, 0.25) is 0 Å². The number of aliphatic imine (C=N–C) groups is 1. The van der Waals surface area contributed by atoms with Gasteiger partial charge < -0.3 is 5.32 Å². The van der Waals surface area contributed by atoms with Crippen molar-refractivity contribution in [2.75, 3.05) is 11.9 Å². The highest BCUT2D eigenvalue weighted by Crippen LogP contribution is 2.20. The first kappa shape index (κ1) is 14.2. The molecule has 0 amide bonds. The summed E-state index contributed by atoms with van der Waals surface area (Å²) in [4.78, 5) is 4.61. The molecule has 0 atom stereocenters. The Bertz CT molecular complexity index is 379. The summed E-state index contributed by atoms with van der Waals surface area (Å²) in [6.07, 6.45) is 4.89. The molecule has 1 aromatic carbocycles. The van der Waals surface area contributed by atoms with Crippen LogP contribution in [0.15, 0.2) is 23.2 Å². The quantitative estimate of drug-likeness (QED) is 0.822. The molecule has 0 unspecified atom stereocenters. The van der Waals surface area contributed by atoms with Gasteiger partial charge in [-0.3, -0.25) is 4.99 Å². The number of anilines is 1. The van der Waals surface area contributed by atoms with Gasteiger partial charge in [-0.05, 0) is 37.8 Å². The molecule has 2 rings (SSSR count). The molecule has 0 bridgehead atoms. The zero-order chi connectivity index (χ0) is 11.4. The van der Waals surface area contributed by atoms with Crippen molar-refractivity contribution in [3.05, 3.63) is 29.3 Å². The fraction of sp³-hybridized carbons (Fsp3) is 0.500. The maximum atomic E-state index is 4.61. The van der Waals surface area contributed by atoms with Crippen LogP contribution >= 0.6 is 17.0 Å². The molecule has 0 spiro atoms. The molecule has 0 aromatic heterocycles. The molecule has 0 saturated heterocycles. The first-order valence-corrected chi connectivity index (χ1v) is 6.14. The number of benzene rings is 1. The summed E-state index contributed by atoms with van der Waals surface area (Å²) in [6.45, 7) is 5.27. The largest absolute Gasteiger partial charge is 0.344 e. The lowest BCUT2D eigenvalue weighted by Gasteiger charge is -2.13. The minimum atomic E-state index is 0. The Labute approximate surface area is 114 Å². The fourth-order valence-corrected chi connectivity index (χ4v) is 2.13. The highest BCUT2D eigenvalue weighted by molar-refractivity contribution is 8.93. The second-order valence-corrected chi connectivity index (χ2v) is 4.53. The van der Waals surface area contributed by atoms with E-state index in [1.54, 1.807) is 0 Å². The van der Waals surface area contributed by atoms with Gasteiger partial charge in [-0.2, -0.15) is 0 Å². The number of nitrogens with one attached hydrogen (secondary N) is 1. The van der Waals surface area contributed by atoms with Crippen LogP contribution in [0.4, 0.5) is 5.69 Å². The van der Waals surface area contributed by atoms with E-state index in [1.807, 2.05) is 0 Å². The van der Waals surface area contributed by atoms with Crippen LogP contribution in [0.5, 0.6) is 0 Å². The van der Waals surface area contributed by atoms with E-state index in [0.717, 1.165) is 18.8 Å². The predicted octanol–water partition coefficient (Wildman–Crippen LogP) is 4.27. The molecule has 1 aliphatic heterocycles. The van der Waals surface area contributed by atoms with Crippen molar-refractivity contribution < 1.29 is 0 Å². The lowest BCUT2D eigenvalue weighted by atomic mass is 10.1. The van der Waals surface area contributed by atoms with Crippen molar-refractivity contribution in [1.29, 1.82) is 0 Å². The van der Waals surface area contributed by atoms with Gasteiger partial charge in [0.05, 0.1) is 0 Å². The number of nitrogens with zero attached hydrogens (tertiary/aromatic N) is 1. The second kappa shape index (κ2) is 6.80. The summed E-state index contributed by atoms with van der Waals surface area (Å²) in [7, 11) is 0. The van der Waals surface area contributed by atoms with Crippen LogP contribution in [0.25, 0.3) is 0 Å². The van der Waals surface area contributed by atoms with E-state index in [1.165, 1.54) is 36.1 Å². The summed E-state index contributed by atoms with van der Waals surface area (Å²) < 4.78 is 0. The van der Waals surface area contributed by atoms with Gasteiger partial charge in [0.25, 0.3) is 0 Å². The maximum absolute atomic E-state index is 4.61. The van der Waals surface area contributed by atoms with Crippen molar-refractivity contribution in [2.45, 2.75) is 39.5 Å². The van der Waals surface area contributed by atoms with Gasteiger partial charge in [0, 0.05) is 18.7 Å². The predicted molar refractivity (Wildman–Crippen MR) is 80.6 cm³/mol. The molecule has 1 aromatic rings. The molecule has 3 heteroatoms. The molecule has 1 aliphatic rings. The van der Waals surface area contributed by atoms with Crippen molar-refractivity contribution >= 4 is 28.5 Å². The highest BCUT2D eigenvalue weighted by atomic mass is 79.9. The van der Waals surface area contributed by atoms with Crippen LogP contribution in [0, 0.1) is 13.8 Å². The van der Waals surface area contributed by atoms with Crippen LogP contribution in [0.2, 0.25) is 0 Å². The van der Waals surface area contributed by atoms with Crippen LogP contribution in [-0.4, -0.2) is 12.4 Å². The Balaban J connectivity index is 0.00000144. The fourth-order valence-electron chi connectivity index (χ4n) is 2.13. The first-order chi connectivity index (χ1) is 7.77. The van der Waals surface area contributed by atoms with E-state index in [2.05, 4.69) is 42.4 Å². The Morgan fingerprint density at radius 3 is 2.47 bits per heavy atom. The number of halogens is 1. The monoisotopic (exact) mass is 296 g/mol. The SMILES string of the molecule is Br.Cc1cccc(C)c1NC1=NCCCCC1. The van der Waals surface area contributed by atoms with E-state index in [9.17, 15) is 0 Å². The molecule has 94 valence electrons. The average molecular weight is 297 g/mol. The van der Waals surface area contributed by atoms with Gasteiger partial charge in [-0.25, -0.2) is 0 Å². The lowest BCUT2D eigenvalue weighted by Crippen LogP contribution is -2.13. The van der Waals surface area contributed by atoms with Gasteiger partial charge in [0.15, 0.2) is 0 Å². The number of rotatable bonds is 1. The van der Waals surface area contributed by atoms with E-state index < -0.39 is 0 Å². The normalized spacial score (nSPS) is 15.5. The minimum Gasteiger partial charge on any atom is -0.344 e.